The van der Waals surface area contributed by atoms with Crippen molar-refractivity contribution >= 4 is 17.2 Å². The Bertz CT molecular complexity index is 535. The van der Waals surface area contributed by atoms with Crippen molar-refractivity contribution in [1.29, 1.82) is 0 Å². The molecule has 0 radical (unpaired) electrons. The summed E-state index contributed by atoms with van der Waals surface area (Å²) in [6, 6.07) is 6.54. The molecule has 3 nitrogen and oxygen atoms in total. The van der Waals surface area contributed by atoms with Crippen molar-refractivity contribution < 1.29 is 0 Å². The van der Waals surface area contributed by atoms with Crippen molar-refractivity contribution in [3.05, 3.63) is 45.8 Å². The molecule has 1 N–H and O–H groups in total. The molecule has 0 amide bonds. The molecule has 0 unspecified atom stereocenters. The highest BCUT2D eigenvalue weighted by Gasteiger charge is 2.10. The molecule has 2 aromatic rings. The second-order valence-corrected chi connectivity index (χ2v) is 6.21. The van der Waals surface area contributed by atoms with Crippen LogP contribution in [0.4, 0.5) is 5.82 Å². The van der Waals surface area contributed by atoms with Crippen LogP contribution in [0.15, 0.2) is 29.0 Å². The zero-order valence-electron chi connectivity index (χ0n) is 12.7. The molecule has 0 aliphatic carbocycles. The summed E-state index contributed by atoms with van der Waals surface area (Å²) in [4.78, 5) is 7.01. The summed E-state index contributed by atoms with van der Waals surface area (Å²) in [6.07, 6.45) is 0. The Morgan fingerprint density at radius 1 is 1.30 bits per heavy atom. The highest BCUT2D eigenvalue weighted by molar-refractivity contribution is 7.07. The highest BCUT2D eigenvalue weighted by Crippen LogP contribution is 2.21. The van der Waals surface area contributed by atoms with Gasteiger partial charge in [-0.3, -0.25) is 0 Å². The smallest absolute Gasteiger partial charge is 0.129 e. The first-order chi connectivity index (χ1) is 9.60. The SMILES string of the molecule is CNCc1cc(C(C)C)nc(N(C)Cc2ccsc2)c1. The Labute approximate surface area is 125 Å². The molecule has 0 aliphatic rings. The third-order valence-electron chi connectivity index (χ3n) is 3.25. The maximum atomic E-state index is 4.80. The van der Waals surface area contributed by atoms with E-state index in [-0.39, 0.29) is 0 Å². The van der Waals surface area contributed by atoms with Gasteiger partial charge in [0.2, 0.25) is 0 Å². The van der Waals surface area contributed by atoms with E-state index in [1.54, 1.807) is 11.3 Å². The van der Waals surface area contributed by atoms with Crippen LogP contribution in [0.5, 0.6) is 0 Å². The zero-order chi connectivity index (χ0) is 14.5. The van der Waals surface area contributed by atoms with E-state index in [1.807, 2.05) is 7.05 Å². The Balaban J connectivity index is 2.24. The van der Waals surface area contributed by atoms with Crippen LogP contribution in [-0.4, -0.2) is 19.1 Å². The Hall–Kier alpha value is -1.39. The lowest BCUT2D eigenvalue weighted by molar-refractivity contribution is 0.777. The number of hydrogen-bond donors (Lipinski definition) is 1. The van der Waals surface area contributed by atoms with Crippen molar-refractivity contribution in [3.8, 4) is 0 Å². The van der Waals surface area contributed by atoms with Crippen LogP contribution < -0.4 is 10.2 Å². The molecule has 0 saturated heterocycles. The van der Waals surface area contributed by atoms with Gasteiger partial charge in [0.05, 0.1) is 0 Å². The van der Waals surface area contributed by atoms with E-state index < -0.39 is 0 Å². The number of rotatable bonds is 6. The number of pyridine rings is 1. The van der Waals surface area contributed by atoms with E-state index >= 15 is 0 Å². The summed E-state index contributed by atoms with van der Waals surface area (Å²) in [5.41, 5.74) is 3.78. The number of nitrogens with zero attached hydrogens (tertiary/aromatic N) is 2. The van der Waals surface area contributed by atoms with Crippen LogP contribution in [0, 0.1) is 0 Å². The topological polar surface area (TPSA) is 28.2 Å². The molecule has 20 heavy (non-hydrogen) atoms. The van der Waals surface area contributed by atoms with Crippen molar-refractivity contribution in [2.45, 2.75) is 32.9 Å². The van der Waals surface area contributed by atoms with E-state index in [9.17, 15) is 0 Å². The fourth-order valence-electron chi connectivity index (χ4n) is 2.13. The minimum absolute atomic E-state index is 0.445. The average Bonchev–Trinajstić information content (AvgIpc) is 2.91. The van der Waals surface area contributed by atoms with E-state index in [4.69, 9.17) is 4.98 Å². The van der Waals surface area contributed by atoms with Crippen LogP contribution in [0.2, 0.25) is 0 Å². The lowest BCUT2D eigenvalue weighted by Crippen LogP contribution is -2.19. The van der Waals surface area contributed by atoms with E-state index in [2.05, 4.69) is 60.1 Å². The number of thiophene rings is 1. The van der Waals surface area contributed by atoms with Crippen molar-refractivity contribution in [1.82, 2.24) is 10.3 Å². The molecule has 108 valence electrons. The van der Waals surface area contributed by atoms with Gasteiger partial charge in [0.25, 0.3) is 0 Å². The molecular weight excluding hydrogens is 266 g/mol. The molecule has 2 aromatic heterocycles. The first-order valence-electron chi connectivity index (χ1n) is 6.98. The van der Waals surface area contributed by atoms with Gasteiger partial charge in [0.1, 0.15) is 5.82 Å². The van der Waals surface area contributed by atoms with Crippen molar-refractivity contribution in [3.63, 3.8) is 0 Å². The predicted octanol–water partition coefficient (Wildman–Crippen LogP) is 3.62. The number of hydrogen-bond acceptors (Lipinski definition) is 4. The maximum Gasteiger partial charge on any atom is 0.129 e. The van der Waals surface area contributed by atoms with Crippen LogP contribution in [-0.2, 0) is 13.1 Å². The van der Waals surface area contributed by atoms with Gasteiger partial charge in [0, 0.05) is 25.8 Å². The van der Waals surface area contributed by atoms with E-state index in [0.29, 0.717) is 5.92 Å². The second-order valence-electron chi connectivity index (χ2n) is 5.43. The van der Waals surface area contributed by atoms with Gasteiger partial charge in [-0.2, -0.15) is 11.3 Å². The summed E-state index contributed by atoms with van der Waals surface area (Å²) in [5.74, 6) is 1.49. The molecule has 0 bridgehead atoms. The van der Waals surface area contributed by atoms with Gasteiger partial charge in [0.15, 0.2) is 0 Å². The molecule has 2 rings (SSSR count). The van der Waals surface area contributed by atoms with Crippen LogP contribution in [0.3, 0.4) is 0 Å². The Morgan fingerprint density at radius 3 is 2.70 bits per heavy atom. The Morgan fingerprint density at radius 2 is 2.10 bits per heavy atom. The zero-order valence-corrected chi connectivity index (χ0v) is 13.5. The predicted molar refractivity (Wildman–Crippen MR) is 87.5 cm³/mol. The highest BCUT2D eigenvalue weighted by atomic mass is 32.1. The fourth-order valence-corrected chi connectivity index (χ4v) is 2.79. The summed E-state index contributed by atoms with van der Waals surface area (Å²) in [7, 11) is 4.08. The summed E-state index contributed by atoms with van der Waals surface area (Å²) in [5, 5.41) is 7.53. The first-order valence-corrected chi connectivity index (χ1v) is 7.92. The first kappa shape index (κ1) is 15.0. The Kier molecular flexibility index (Phi) is 5.15. The lowest BCUT2D eigenvalue weighted by Gasteiger charge is -2.20. The summed E-state index contributed by atoms with van der Waals surface area (Å²) < 4.78 is 0. The minimum Gasteiger partial charge on any atom is -0.355 e. The molecule has 0 aliphatic heterocycles. The van der Waals surface area contributed by atoms with Gasteiger partial charge in [-0.15, -0.1) is 0 Å². The van der Waals surface area contributed by atoms with E-state index in [0.717, 1.165) is 24.6 Å². The number of nitrogens with one attached hydrogen (secondary N) is 1. The third kappa shape index (κ3) is 3.81. The van der Waals surface area contributed by atoms with Crippen LogP contribution in [0.25, 0.3) is 0 Å². The molecule has 2 heterocycles. The largest absolute Gasteiger partial charge is 0.355 e. The molecular formula is C16H23N3S. The van der Waals surface area contributed by atoms with Gasteiger partial charge in [-0.1, -0.05) is 13.8 Å². The molecule has 0 aromatic carbocycles. The van der Waals surface area contributed by atoms with Crippen LogP contribution in [0.1, 0.15) is 36.6 Å². The molecule has 0 spiro atoms. The van der Waals surface area contributed by atoms with Crippen molar-refractivity contribution in [2.75, 3.05) is 19.0 Å². The molecule has 4 heteroatoms. The minimum atomic E-state index is 0.445. The van der Waals surface area contributed by atoms with Gasteiger partial charge in [-0.05, 0) is 53.1 Å². The molecule has 0 atom stereocenters. The fraction of sp³-hybridized carbons (Fsp3) is 0.438. The van der Waals surface area contributed by atoms with Gasteiger partial charge < -0.3 is 10.2 Å². The summed E-state index contributed by atoms with van der Waals surface area (Å²) >= 11 is 1.74. The number of anilines is 1. The quantitative estimate of drug-likeness (QED) is 0.880. The van der Waals surface area contributed by atoms with Crippen molar-refractivity contribution in [2.24, 2.45) is 0 Å². The lowest BCUT2D eigenvalue weighted by atomic mass is 10.1. The normalized spacial score (nSPS) is 11.1. The summed E-state index contributed by atoms with van der Waals surface area (Å²) in [6.45, 7) is 6.15. The molecule has 0 fully saturated rings. The maximum absolute atomic E-state index is 4.80. The van der Waals surface area contributed by atoms with Gasteiger partial charge >= 0.3 is 0 Å². The second kappa shape index (κ2) is 6.86. The monoisotopic (exact) mass is 289 g/mol. The third-order valence-corrected chi connectivity index (χ3v) is 3.99. The average molecular weight is 289 g/mol. The van der Waals surface area contributed by atoms with Crippen LogP contribution >= 0.6 is 11.3 Å². The molecule has 0 saturated carbocycles. The standard InChI is InChI=1S/C16H23N3S/c1-12(2)15-7-14(9-17-3)8-16(18-15)19(4)10-13-5-6-20-11-13/h5-8,11-12,17H,9-10H2,1-4H3. The van der Waals surface area contributed by atoms with Gasteiger partial charge in [-0.25, -0.2) is 4.98 Å². The number of aromatic nitrogens is 1. The van der Waals surface area contributed by atoms with E-state index in [1.165, 1.54) is 11.1 Å².